The summed E-state index contributed by atoms with van der Waals surface area (Å²) in [5.74, 6) is -0.163. The minimum absolute atomic E-state index is 0.0584. The zero-order valence-corrected chi connectivity index (χ0v) is 14.7. The quantitative estimate of drug-likeness (QED) is 0.741. The van der Waals surface area contributed by atoms with Crippen molar-refractivity contribution >= 4 is 56.8 Å². The Labute approximate surface area is 149 Å². The lowest BCUT2D eigenvalue weighted by molar-refractivity contribution is 0.0999. The van der Waals surface area contributed by atoms with Crippen molar-refractivity contribution < 1.29 is 14.1 Å². The second-order valence-electron chi connectivity index (χ2n) is 4.21. The summed E-state index contributed by atoms with van der Waals surface area (Å²) in [5, 5.41) is 3.67. The van der Waals surface area contributed by atoms with Gasteiger partial charge >= 0.3 is 6.09 Å². The highest BCUT2D eigenvalue weighted by atomic mass is 79.9. The molecule has 0 aliphatic heterocycles. The lowest BCUT2D eigenvalue weighted by Gasteiger charge is -2.13. The van der Waals surface area contributed by atoms with Gasteiger partial charge in [-0.2, -0.15) is 4.98 Å². The van der Waals surface area contributed by atoms with E-state index in [0.29, 0.717) is 0 Å². The number of nitrogens with two attached hydrogens (primary N) is 1. The summed E-state index contributed by atoms with van der Waals surface area (Å²) in [4.78, 5) is 15.0. The average Bonchev–Trinajstić information content (AvgIpc) is 2.89. The summed E-state index contributed by atoms with van der Waals surface area (Å²) in [6.07, 6.45) is -1.54. The summed E-state index contributed by atoms with van der Waals surface area (Å²) in [5.41, 5.74) is 5.94. The van der Waals surface area contributed by atoms with Crippen LogP contribution < -0.4 is 5.73 Å². The summed E-state index contributed by atoms with van der Waals surface area (Å²) < 4.78 is 8.92. The number of hydrogen-bond acceptors (Lipinski definition) is 5. The molecule has 1 aromatic carbocycles. The van der Waals surface area contributed by atoms with Gasteiger partial charge in [0, 0.05) is 10.9 Å². The van der Waals surface area contributed by atoms with Gasteiger partial charge in [0.05, 0.1) is 0 Å². The fraction of sp³-hybridized carbons (Fsp3) is 0.250. The zero-order chi connectivity index (χ0) is 16.3. The Morgan fingerprint density at radius 3 is 2.50 bits per heavy atom. The van der Waals surface area contributed by atoms with Crippen molar-refractivity contribution in [2.75, 3.05) is 0 Å². The van der Waals surface area contributed by atoms with E-state index in [1.54, 1.807) is 0 Å². The summed E-state index contributed by atoms with van der Waals surface area (Å²) in [7, 11) is 0. The topological polar surface area (TPSA) is 91.2 Å². The van der Waals surface area contributed by atoms with Gasteiger partial charge in [0.25, 0.3) is 9.68 Å². The second-order valence-corrected chi connectivity index (χ2v) is 7.41. The maximum absolute atomic E-state index is 11.1. The number of halogens is 4. The van der Waals surface area contributed by atoms with Gasteiger partial charge in [0.2, 0.25) is 5.82 Å². The molecule has 10 heteroatoms. The molecule has 0 saturated carbocycles. The number of alkyl halides is 3. The van der Waals surface area contributed by atoms with Gasteiger partial charge in [-0.25, -0.2) is 4.79 Å². The van der Waals surface area contributed by atoms with Crippen LogP contribution in [0.15, 0.2) is 33.3 Å². The van der Waals surface area contributed by atoms with E-state index in [0.717, 1.165) is 10.0 Å². The molecule has 0 spiro atoms. The number of carbonyl (C=O) groups is 1. The maximum atomic E-state index is 11.1. The van der Waals surface area contributed by atoms with Crippen LogP contribution in [0.4, 0.5) is 4.79 Å². The van der Waals surface area contributed by atoms with Gasteiger partial charge in [-0.05, 0) is 17.7 Å². The van der Waals surface area contributed by atoms with Crippen molar-refractivity contribution in [3.05, 3.63) is 46.0 Å². The number of rotatable bonds is 4. The lowest BCUT2D eigenvalue weighted by atomic mass is 10.1. The number of benzene rings is 1. The predicted octanol–water partition coefficient (Wildman–Crippen LogP) is 4.04. The van der Waals surface area contributed by atoms with E-state index in [1.165, 1.54) is 0 Å². The Bertz CT molecular complexity index is 658. The molecule has 118 valence electrons. The third-order valence-corrected chi connectivity index (χ3v) is 3.58. The Balaban J connectivity index is 2.24. The van der Waals surface area contributed by atoms with Crippen molar-refractivity contribution in [1.29, 1.82) is 0 Å². The van der Waals surface area contributed by atoms with Crippen molar-refractivity contribution in [2.24, 2.45) is 5.73 Å². The molecule has 0 unspecified atom stereocenters. The van der Waals surface area contributed by atoms with E-state index in [2.05, 4.69) is 26.1 Å². The van der Waals surface area contributed by atoms with Gasteiger partial charge in [-0.1, -0.05) is 68.0 Å². The van der Waals surface area contributed by atoms with Crippen molar-refractivity contribution in [3.8, 4) is 0 Å². The molecule has 0 bridgehead atoms. The van der Waals surface area contributed by atoms with Crippen molar-refractivity contribution in [3.63, 3.8) is 0 Å². The van der Waals surface area contributed by atoms with E-state index in [4.69, 9.17) is 49.8 Å². The third kappa shape index (κ3) is 4.74. The molecule has 2 N–H and O–H groups in total. The number of ether oxygens (including phenoxy) is 1. The van der Waals surface area contributed by atoms with Crippen molar-refractivity contribution in [2.45, 2.75) is 16.3 Å². The second kappa shape index (κ2) is 7.04. The van der Waals surface area contributed by atoms with E-state index in [-0.39, 0.29) is 18.1 Å². The van der Waals surface area contributed by atoms with Gasteiger partial charge in [-0.15, -0.1) is 0 Å². The molecule has 0 radical (unpaired) electrons. The van der Waals surface area contributed by atoms with E-state index >= 15 is 0 Å². The van der Waals surface area contributed by atoms with E-state index in [1.807, 2.05) is 24.3 Å². The van der Waals surface area contributed by atoms with Crippen LogP contribution in [-0.4, -0.2) is 16.2 Å². The Hall–Kier alpha value is -1.02. The molecule has 6 nitrogen and oxygen atoms in total. The van der Waals surface area contributed by atoms with Crippen molar-refractivity contribution in [1.82, 2.24) is 10.1 Å². The molecule has 1 atom stereocenters. The first-order valence-electron chi connectivity index (χ1n) is 5.87. The number of aromatic nitrogens is 2. The van der Waals surface area contributed by atoms with Crippen LogP contribution in [0.25, 0.3) is 0 Å². The SMILES string of the molecule is NC(=O)O[C@@H](Cc1ccc(Br)cc1)c1noc(C(Cl)(Cl)Cl)n1. The highest BCUT2D eigenvalue weighted by Crippen LogP contribution is 2.37. The number of carbonyl (C=O) groups excluding carboxylic acids is 1. The number of amides is 1. The first-order chi connectivity index (χ1) is 10.3. The highest BCUT2D eigenvalue weighted by Gasteiger charge is 2.33. The molecule has 1 heterocycles. The molecule has 1 aromatic heterocycles. The van der Waals surface area contributed by atoms with Crippen LogP contribution in [0.1, 0.15) is 23.4 Å². The fourth-order valence-corrected chi connectivity index (χ4v) is 2.14. The normalized spacial score (nSPS) is 12.9. The molecule has 0 saturated heterocycles. The van der Waals surface area contributed by atoms with E-state index < -0.39 is 16.0 Å². The first kappa shape index (κ1) is 17.3. The number of hydrogen-bond donors (Lipinski definition) is 1. The van der Waals surface area contributed by atoms with Gasteiger partial charge in [0.15, 0.2) is 6.10 Å². The van der Waals surface area contributed by atoms with Crippen LogP contribution in [0, 0.1) is 0 Å². The van der Waals surface area contributed by atoms with Gasteiger partial charge in [0.1, 0.15) is 0 Å². The van der Waals surface area contributed by atoms with E-state index in [9.17, 15) is 4.79 Å². The standard InChI is InChI=1S/C12H9BrCl3N3O3/c13-7-3-1-6(2-4-7)5-8(21-11(17)20)9-18-10(22-19-9)12(14,15)16/h1-4,8H,5H2,(H2,17,20)/t8-/m0/s1. The first-order valence-corrected chi connectivity index (χ1v) is 7.79. The van der Waals surface area contributed by atoms with Crippen LogP contribution in [0.5, 0.6) is 0 Å². The van der Waals surface area contributed by atoms with Crippen LogP contribution in [0.2, 0.25) is 0 Å². The zero-order valence-electron chi connectivity index (χ0n) is 10.8. The summed E-state index contributed by atoms with van der Waals surface area (Å²) in [6.45, 7) is 0. The lowest BCUT2D eigenvalue weighted by Crippen LogP contribution is -2.20. The predicted molar refractivity (Wildman–Crippen MR) is 84.8 cm³/mol. The molecule has 0 aliphatic rings. The molecule has 2 rings (SSSR count). The third-order valence-electron chi connectivity index (χ3n) is 2.56. The Morgan fingerprint density at radius 1 is 1.36 bits per heavy atom. The Kier molecular flexibility index (Phi) is 5.55. The molecule has 0 fully saturated rings. The molecule has 0 aliphatic carbocycles. The minimum atomic E-state index is -1.86. The molecular weight excluding hydrogens is 420 g/mol. The van der Waals surface area contributed by atoms with Gasteiger partial charge in [-0.3, -0.25) is 0 Å². The fourth-order valence-electron chi connectivity index (χ4n) is 1.64. The van der Waals surface area contributed by atoms with Gasteiger partial charge < -0.3 is 15.0 Å². The molecular formula is C12H9BrCl3N3O3. The minimum Gasteiger partial charge on any atom is -0.438 e. The number of nitrogens with zero attached hydrogens (tertiary/aromatic N) is 2. The average molecular weight is 429 g/mol. The molecule has 2 aromatic rings. The smallest absolute Gasteiger partial charge is 0.405 e. The van der Waals surface area contributed by atoms with Crippen LogP contribution >= 0.6 is 50.7 Å². The van der Waals surface area contributed by atoms with Crippen LogP contribution in [0.3, 0.4) is 0 Å². The Morgan fingerprint density at radius 2 is 2.00 bits per heavy atom. The molecule has 1 amide bonds. The monoisotopic (exact) mass is 427 g/mol. The molecule has 22 heavy (non-hydrogen) atoms. The summed E-state index contributed by atoms with van der Waals surface area (Å²) in [6, 6.07) is 7.38. The largest absolute Gasteiger partial charge is 0.438 e. The summed E-state index contributed by atoms with van der Waals surface area (Å²) >= 11 is 20.3. The van der Waals surface area contributed by atoms with Crippen LogP contribution in [-0.2, 0) is 15.0 Å². The highest BCUT2D eigenvalue weighted by molar-refractivity contribution is 9.10. The maximum Gasteiger partial charge on any atom is 0.405 e. The number of primary amides is 1.